The van der Waals surface area contributed by atoms with Gasteiger partial charge in [-0.25, -0.2) is 4.42 Å². The highest BCUT2D eigenvalue weighted by Crippen LogP contribution is 2.18. The number of hydrazone groups is 1. The van der Waals surface area contributed by atoms with Gasteiger partial charge in [-0.05, 0) is 6.42 Å². The standard InChI is InChI=1S/C8H15Cl2N3/c1-2-3-4-5-6-13-8(9)12(10)7-11-13/h7-8H,2-6H2,1H3. The number of nitrogens with zero attached hydrogens (tertiary/aromatic N) is 3. The number of alkyl halides is 1. The Balaban J connectivity index is 2.12. The number of hydrogen-bond donors (Lipinski definition) is 0. The Kier molecular flexibility index (Phi) is 4.67. The molecule has 3 nitrogen and oxygen atoms in total. The molecule has 1 heterocycles. The van der Waals surface area contributed by atoms with Gasteiger partial charge in [0.15, 0.2) is 0 Å². The smallest absolute Gasteiger partial charge is 0.209 e. The average Bonchev–Trinajstić information content (AvgIpc) is 2.43. The lowest BCUT2D eigenvalue weighted by Crippen LogP contribution is -2.30. The molecule has 1 aliphatic rings. The number of hydrogen-bond acceptors (Lipinski definition) is 3. The number of halogens is 2. The van der Waals surface area contributed by atoms with E-state index in [1.165, 1.54) is 23.7 Å². The van der Waals surface area contributed by atoms with E-state index in [0.29, 0.717) is 0 Å². The fourth-order valence-electron chi connectivity index (χ4n) is 1.22. The van der Waals surface area contributed by atoms with Crippen molar-refractivity contribution in [1.82, 2.24) is 9.43 Å². The molecule has 0 aromatic rings. The fraction of sp³-hybridized carbons (Fsp3) is 0.875. The summed E-state index contributed by atoms with van der Waals surface area (Å²) >= 11 is 11.6. The molecule has 1 rings (SSSR count). The van der Waals surface area contributed by atoms with Crippen molar-refractivity contribution in [3.63, 3.8) is 0 Å². The summed E-state index contributed by atoms with van der Waals surface area (Å²) in [5.41, 5.74) is -0.316. The van der Waals surface area contributed by atoms with Crippen LogP contribution in [0.1, 0.15) is 32.6 Å². The summed E-state index contributed by atoms with van der Waals surface area (Å²) in [4.78, 5) is 0. The summed E-state index contributed by atoms with van der Waals surface area (Å²) in [5.74, 6) is 0. The SMILES string of the molecule is CCCCCCN1N=CN(Cl)C1Cl. The lowest BCUT2D eigenvalue weighted by Gasteiger charge is -2.20. The quantitative estimate of drug-likeness (QED) is 0.309. The van der Waals surface area contributed by atoms with Crippen molar-refractivity contribution < 1.29 is 0 Å². The predicted octanol–water partition coefficient (Wildman–Crippen LogP) is 2.80. The van der Waals surface area contributed by atoms with E-state index in [2.05, 4.69) is 12.0 Å². The molecule has 0 radical (unpaired) electrons. The van der Waals surface area contributed by atoms with Crippen LogP contribution in [0.3, 0.4) is 0 Å². The Morgan fingerprint density at radius 3 is 2.69 bits per heavy atom. The average molecular weight is 224 g/mol. The molecule has 0 aromatic heterocycles. The lowest BCUT2D eigenvalue weighted by atomic mass is 10.2. The molecular formula is C8H15Cl2N3. The summed E-state index contributed by atoms with van der Waals surface area (Å²) in [7, 11) is 0. The molecule has 0 saturated carbocycles. The van der Waals surface area contributed by atoms with Gasteiger partial charge in [-0.3, -0.25) is 5.01 Å². The molecule has 1 atom stereocenters. The zero-order valence-electron chi connectivity index (χ0n) is 7.79. The number of unbranched alkanes of at least 4 members (excludes halogenated alkanes) is 3. The van der Waals surface area contributed by atoms with Crippen molar-refractivity contribution >= 4 is 29.7 Å². The van der Waals surface area contributed by atoms with Gasteiger partial charge < -0.3 is 0 Å². The van der Waals surface area contributed by atoms with Gasteiger partial charge in [0, 0.05) is 18.3 Å². The fourth-order valence-corrected chi connectivity index (χ4v) is 1.56. The molecule has 0 amide bonds. The summed E-state index contributed by atoms with van der Waals surface area (Å²) in [5, 5.41) is 5.86. The van der Waals surface area contributed by atoms with E-state index in [-0.39, 0.29) is 5.62 Å². The summed E-state index contributed by atoms with van der Waals surface area (Å²) in [6.45, 7) is 3.08. The zero-order valence-corrected chi connectivity index (χ0v) is 9.30. The molecular weight excluding hydrogens is 209 g/mol. The van der Waals surface area contributed by atoms with Crippen molar-refractivity contribution in [2.24, 2.45) is 5.10 Å². The highest BCUT2D eigenvalue weighted by molar-refractivity contribution is 6.28. The second-order valence-corrected chi connectivity index (χ2v) is 3.89. The Bertz CT molecular complexity index is 175. The number of rotatable bonds is 5. The van der Waals surface area contributed by atoms with Crippen LogP contribution in [0.2, 0.25) is 0 Å². The Labute approximate surface area is 89.4 Å². The van der Waals surface area contributed by atoms with E-state index >= 15 is 0 Å². The molecule has 0 fully saturated rings. The van der Waals surface area contributed by atoms with Crippen LogP contribution in [0.25, 0.3) is 0 Å². The van der Waals surface area contributed by atoms with Crippen molar-refractivity contribution in [1.29, 1.82) is 0 Å². The second kappa shape index (κ2) is 5.55. The van der Waals surface area contributed by atoms with Gasteiger partial charge in [0.2, 0.25) is 5.62 Å². The van der Waals surface area contributed by atoms with Gasteiger partial charge >= 0.3 is 0 Å². The molecule has 76 valence electrons. The molecule has 0 aliphatic carbocycles. The zero-order chi connectivity index (χ0) is 9.68. The first kappa shape index (κ1) is 10.9. The maximum absolute atomic E-state index is 5.94. The minimum Gasteiger partial charge on any atom is -0.258 e. The normalized spacial score (nSPS) is 21.6. The maximum atomic E-state index is 5.94. The van der Waals surface area contributed by atoms with Crippen LogP contribution in [-0.2, 0) is 0 Å². The highest BCUT2D eigenvalue weighted by atomic mass is 35.5. The molecule has 13 heavy (non-hydrogen) atoms. The minimum atomic E-state index is -0.316. The molecule has 1 aliphatic heterocycles. The molecule has 5 heteroatoms. The molecule has 0 saturated heterocycles. The van der Waals surface area contributed by atoms with Gasteiger partial charge in [0.25, 0.3) is 0 Å². The molecule has 0 N–H and O–H groups in total. The minimum absolute atomic E-state index is 0.316. The molecule has 0 spiro atoms. The van der Waals surface area contributed by atoms with E-state index in [1.54, 1.807) is 11.3 Å². The van der Waals surface area contributed by atoms with E-state index in [4.69, 9.17) is 23.4 Å². The van der Waals surface area contributed by atoms with E-state index < -0.39 is 0 Å². The monoisotopic (exact) mass is 223 g/mol. The third-order valence-electron chi connectivity index (χ3n) is 2.00. The predicted molar refractivity (Wildman–Crippen MR) is 56.7 cm³/mol. The molecule has 0 bridgehead atoms. The molecule has 0 aromatic carbocycles. The topological polar surface area (TPSA) is 18.8 Å². The van der Waals surface area contributed by atoms with Crippen LogP contribution < -0.4 is 0 Å². The Morgan fingerprint density at radius 2 is 2.15 bits per heavy atom. The highest BCUT2D eigenvalue weighted by Gasteiger charge is 2.23. The molecule has 1 unspecified atom stereocenters. The largest absolute Gasteiger partial charge is 0.258 e. The summed E-state index contributed by atoms with van der Waals surface area (Å²) in [6.07, 6.45) is 6.41. The van der Waals surface area contributed by atoms with Gasteiger partial charge in [-0.2, -0.15) is 5.10 Å². The van der Waals surface area contributed by atoms with Crippen molar-refractivity contribution in [2.75, 3.05) is 6.54 Å². The second-order valence-electron chi connectivity index (χ2n) is 3.11. The summed E-state index contributed by atoms with van der Waals surface area (Å²) < 4.78 is 1.38. The van der Waals surface area contributed by atoms with Crippen molar-refractivity contribution in [3.8, 4) is 0 Å². The van der Waals surface area contributed by atoms with Gasteiger partial charge in [0.05, 0.1) is 0 Å². The third kappa shape index (κ3) is 3.24. The maximum Gasteiger partial charge on any atom is 0.209 e. The van der Waals surface area contributed by atoms with Crippen LogP contribution >= 0.6 is 23.4 Å². The van der Waals surface area contributed by atoms with Crippen LogP contribution in [-0.4, -0.2) is 27.9 Å². The first-order valence-electron chi connectivity index (χ1n) is 4.64. The van der Waals surface area contributed by atoms with Crippen LogP contribution in [0.4, 0.5) is 0 Å². The lowest BCUT2D eigenvalue weighted by molar-refractivity contribution is 0.238. The third-order valence-corrected chi connectivity index (χ3v) is 2.81. The van der Waals surface area contributed by atoms with Crippen LogP contribution in [0, 0.1) is 0 Å². The van der Waals surface area contributed by atoms with Gasteiger partial charge in [0.1, 0.15) is 6.34 Å². The van der Waals surface area contributed by atoms with Crippen molar-refractivity contribution in [3.05, 3.63) is 0 Å². The first-order chi connectivity index (χ1) is 6.25. The van der Waals surface area contributed by atoms with Crippen LogP contribution in [0.5, 0.6) is 0 Å². The van der Waals surface area contributed by atoms with Gasteiger partial charge in [-0.15, -0.1) is 0 Å². The van der Waals surface area contributed by atoms with Crippen LogP contribution in [0.15, 0.2) is 5.10 Å². The first-order valence-corrected chi connectivity index (χ1v) is 5.42. The van der Waals surface area contributed by atoms with E-state index in [9.17, 15) is 0 Å². The summed E-state index contributed by atoms with van der Waals surface area (Å²) in [6, 6.07) is 0. The Morgan fingerprint density at radius 1 is 1.38 bits per heavy atom. The van der Waals surface area contributed by atoms with E-state index in [1.807, 2.05) is 0 Å². The van der Waals surface area contributed by atoms with Gasteiger partial charge in [-0.1, -0.05) is 37.8 Å². The Hall–Kier alpha value is -0.150. The van der Waals surface area contributed by atoms with Crippen molar-refractivity contribution in [2.45, 2.75) is 38.2 Å². The van der Waals surface area contributed by atoms with E-state index in [0.717, 1.165) is 13.0 Å².